The van der Waals surface area contributed by atoms with E-state index in [1.54, 1.807) is 0 Å². The molecule has 0 N–H and O–H groups in total. The van der Waals surface area contributed by atoms with E-state index < -0.39 is 0 Å². The highest BCUT2D eigenvalue weighted by Gasteiger charge is 2.32. The fraction of sp³-hybridized carbons (Fsp3) is 0.526. The maximum absolute atomic E-state index is 12.6. The van der Waals surface area contributed by atoms with E-state index in [9.17, 15) is 4.79 Å². The number of likely N-dealkylation sites (tertiary alicyclic amines) is 1. The highest BCUT2D eigenvalue weighted by Crippen LogP contribution is 2.39. The average molecular weight is 325 g/mol. The number of rotatable bonds is 5. The van der Waals surface area contributed by atoms with Crippen LogP contribution in [-0.4, -0.2) is 33.9 Å². The second kappa shape index (κ2) is 6.48. The van der Waals surface area contributed by atoms with Gasteiger partial charge in [0.05, 0.1) is 6.04 Å². The molecule has 1 aliphatic carbocycles. The van der Waals surface area contributed by atoms with Crippen molar-refractivity contribution in [3.63, 3.8) is 0 Å². The van der Waals surface area contributed by atoms with Crippen LogP contribution in [0.3, 0.4) is 0 Å². The quantitative estimate of drug-likeness (QED) is 0.786. The molecular weight excluding hydrogens is 302 g/mol. The molecule has 1 saturated carbocycles. The van der Waals surface area contributed by atoms with Gasteiger partial charge in [0.15, 0.2) is 11.6 Å². The minimum Gasteiger partial charge on any atom is -0.338 e. The Labute approximate surface area is 142 Å². The number of Topliss-reactive ketones (excluding diaryl/α,β-unsaturated/α-hetero) is 1. The summed E-state index contributed by atoms with van der Waals surface area (Å²) >= 11 is 0. The van der Waals surface area contributed by atoms with E-state index in [0.717, 1.165) is 37.3 Å². The molecule has 126 valence electrons. The first-order valence-corrected chi connectivity index (χ1v) is 8.89. The monoisotopic (exact) mass is 325 g/mol. The fourth-order valence-electron chi connectivity index (χ4n) is 3.47. The molecule has 0 unspecified atom stereocenters. The number of benzene rings is 1. The summed E-state index contributed by atoms with van der Waals surface area (Å²) in [6.07, 6.45) is 4.14. The number of piperidine rings is 1. The number of nitrogens with zero attached hydrogens (tertiary/aromatic N) is 3. The maximum atomic E-state index is 12.6. The predicted molar refractivity (Wildman–Crippen MR) is 89.8 cm³/mol. The van der Waals surface area contributed by atoms with E-state index in [4.69, 9.17) is 4.52 Å². The van der Waals surface area contributed by atoms with Gasteiger partial charge >= 0.3 is 0 Å². The SMILES string of the molecule is C[C@H](c1nc(C2CC2)no1)N1CCC(C(=O)c2ccccc2)CC1. The Kier molecular flexibility index (Phi) is 4.19. The molecule has 0 spiro atoms. The lowest BCUT2D eigenvalue weighted by atomic mass is 9.88. The van der Waals surface area contributed by atoms with Gasteiger partial charge in [-0.3, -0.25) is 9.69 Å². The number of aromatic nitrogens is 2. The summed E-state index contributed by atoms with van der Waals surface area (Å²) in [7, 11) is 0. The lowest BCUT2D eigenvalue weighted by molar-refractivity contribution is 0.0774. The van der Waals surface area contributed by atoms with Crippen LogP contribution in [0, 0.1) is 5.92 Å². The van der Waals surface area contributed by atoms with E-state index >= 15 is 0 Å². The molecule has 4 rings (SSSR count). The van der Waals surface area contributed by atoms with E-state index in [2.05, 4.69) is 22.0 Å². The summed E-state index contributed by atoms with van der Waals surface area (Å²) in [6.45, 7) is 3.90. The molecule has 2 heterocycles. The van der Waals surface area contributed by atoms with Gasteiger partial charge in [-0.2, -0.15) is 4.98 Å². The molecule has 0 radical (unpaired) electrons. The normalized spacial score (nSPS) is 20.9. The number of carbonyl (C=O) groups excluding carboxylic acids is 1. The fourth-order valence-corrected chi connectivity index (χ4v) is 3.47. The van der Waals surface area contributed by atoms with Crippen LogP contribution in [0.1, 0.15) is 66.6 Å². The second-order valence-corrected chi connectivity index (χ2v) is 6.98. The third-order valence-corrected chi connectivity index (χ3v) is 5.26. The van der Waals surface area contributed by atoms with Gasteiger partial charge in [0.25, 0.3) is 0 Å². The highest BCUT2D eigenvalue weighted by molar-refractivity contribution is 5.97. The summed E-state index contributed by atoms with van der Waals surface area (Å²) in [5.41, 5.74) is 0.829. The van der Waals surface area contributed by atoms with Crippen LogP contribution in [0.4, 0.5) is 0 Å². The van der Waals surface area contributed by atoms with Gasteiger partial charge in [-0.1, -0.05) is 35.5 Å². The van der Waals surface area contributed by atoms with Crippen LogP contribution in [-0.2, 0) is 0 Å². The number of ketones is 1. The zero-order valence-electron chi connectivity index (χ0n) is 14.0. The second-order valence-electron chi connectivity index (χ2n) is 6.98. The number of carbonyl (C=O) groups is 1. The first-order valence-electron chi connectivity index (χ1n) is 8.89. The standard InChI is InChI=1S/C19H23N3O2/c1-13(19-20-18(21-24-19)16-7-8-16)22-11-9-15(10-12-22)17(23)14-5-3-2-4-6-14/h2-6,13,15-16H,7-12H2,1H3/t13-/m1/s1. The van der Waals surface area contributed by atoms with Gasteiger partial charge in [0.1, 0.15) is 0 Å². The molecule has 1 aromatic heterocycles. The van der Waals surface area contributed by atoms with Crippen LogP contribution in [0.25, 0.3) is 0 Å². The molecule has 5 nitrogen and oxygen atoms in total. The van der Waals surface area contributed by atoms with E-state index in [0.29, 0.717) is 11.8 Å². The van der Waals surface area contributed by atoms with E-state index in [-0.39, 0.29) is 17.7 Å². The van der Waals surface area contributed by atoms with Gasteiger partial charge in [-0.05, 0) is 45.7 Å². The first kappa shape index (κ1) is 15.5. The Morgan fingerprint density at radius 2 is 1.88 bits per heavy atom. The van der Waals surface area contributed by atoms with Gasteiger partial charge in [-0.25, -0.2) is 0 Å². The molecule has 5 heteroatoms. The third-order valence-electron chi connectivity index (χ3n) is 5.26. The Balaban J connectivity index is 1.35. The lowest BCUT2D eigenvalue weighted by Gasteiger charge is -2.33. The molecule has 24 heavy (non-hydrogen) atoms. The molecule has 1 atom stereocenters. The number of hydrogen-bond acceptors (Lipinski definition) is 5. The van der Waals surface area contributed by atoms with Crippen LogP contribution in [0.5, 0.6) is 0 Å². The van der Waals surface area contributed by atoms with Gasteiger partial charge in [0, 0.05) is 17.4 Å². The van der Waals surface area contributed by atoms with Crippen molar-refractivity contribution in [3.05, 3.63) is 47.6 Å². The molecule has 0 bridgehead atoms. The topological polar surface area (TPSA) is 59.2 Å². The zero-order chi connectivity index (χ0) is 16.5. The first-order chi connectivity index (χ1) is 11.7. The van der Waals surface area contributed by atoms with Crippen molar-refractivity contribution in [2.75, 3.05) is 13.1 Å². The van der Waals surface area contributed by atoms with Crippen LogP contribution >= 0.6 is 0 Å². The van der Waals surface area contributed by atoms with E-state index in [1.807, 2.05) is 30.3 Å². The Hall–Kier alpha value is -2.01. The summed E-state index contributed by atoms with van der Waals surface area (Å²) in [5.74, 6) is 2.50. The minimum absolute atomic E-state index is 0.123. The zero-order valence-corrected chi connectivity index (χ0v) is 14.0. The van der Waals surface area contributed by atoms with Crippen LogP contribution in [0.2, 0.25) is 0 Å². The van der Waals surface area contributed by atoms with Crippen molar-refractivity contribution in [1.29, 1.82) is 0 Å². The van der Waals surface area contributed by atoms with E-state index in [1.165, 1.54) is 12.8 Å². The molecule has 0 amide bonds. The average Bonchev–Trinajstić information content (AvgIpc) is 3.38. The molecule has 1 saturated heterocycles. The molecule has 2 aromatic rings. The molecular formula is C19H23N3O2. The van der Waals surface area contributed by atoms with Crippen molar-refractivity contribution in [1.82, 2.24) is 15.0 Å². The van der Waals surface area contributed by atoms with Crippen molar-refractivity contribution in [2.45, 2.75) is 44.6 Å². The van der Waals surface area contributed by atoms with Crippen molar-refractivity contribution < 1.29 is 9.32 Å². The van der Waals surface area contributed by atoms with Gasteiger partial charge in [-0.15, -0.1) is 0 Å². The third kappa shape index (κ3) is 3.13. The minimum atomic E-state index is 0.123. The van der Waals surface area contributed by atoms with Crippen molar-refractivity contribution in [2.24, 2.45) is 5.92 Å². The summed E-state index contributed by atoms with van der Waals surface area (Å²) in [4.78, 5) is 19.5. The molecule has 1 aromatic carbocycles. The van der Waals surface area contributed by atoms with Crippen molar-refractivity contribution in [3.8, 4) is 0 Å². The van der Waals surface area contributed by atoms with Gasteiger partial charge < -0.3 is 4.52 Å². The lowest BCUT2D eigenvalue weighted by Crippen LogP contribution is -2.38. The van der Waals surface area contributed by atoms with Gasteiger partial charge in [0.2, 0.25) is 5.89 Å². The van der Waals surface area contributed by atoms with Crippen LogP contribution < -0.4 is 0 Å². The summed E-state index contributed by atoms with van der Waals surface area (Å²) < 4.78 is 5.45. The molecule has 2 aliphatic rings. The molecule has 2 fully saturated rings. The Morgan fingerprint density at radius 3 is 2.54 bits per heavy atom. The van der Waals surface area contributed by atoms with Crippen molar-refractivity contribution >= 4 is 5.78 Å². The Bertz CT molecular complexity index is 700. The predicted octanol–water partition coefficient (Wildman–Crippen LogP) is 3.60. The van der Waals surface area contributed by atoms with Crippen LogP contribution in [0.15, 0.2) is 34.9 Å². The number of hydrogen-bond donors (Lipinski definition) is 0. The molecule has 1 aliphatic heterocycles. The highest BCUT2D eigenvalue weighted by atomic mass is 16.5. The largest absolute Gasteiger partial charge is 0.338 e. The smallest absolute Gasteiger partial charge is 0.243 e. The Morgan fingerprint density at radius 1 is 1.17 bits per heavy atom. The maximum Gasteiger partial charge on any atom is 0.243 e. The summed E-state index contributed by atoms with van der Waals surface area (Å²) in [6, 6.07) is 9.75. The summed E-state index contributed by atoms with van der Waals surface area (Å²) in [5, 5.41) is 4.11.